The van der Waals surface area contributed by atoms with Gasteiger partial charge in [-0.15, -0.1) is 0 Å². The Labute approximate surface area is 106 Å². The predicted molar refractivity (Wildman–Crippen MR) is 67.7 cm³/mol. The van der Waals surface area contributed by atoms with E-state index in [1.165, 1.54) is 12.1 Å². The molecule has 1 heterocycles. The van der Waals surface area contributed by atoms with Crippen LogP contribution < -0.4 is 0 Å². The van der Waals surface area contributed by atoms with E-state index in [1.54, 1.807) is 10.7 Å². The summed E-state index contributed by atoms with van der Waals surface area (Å²) in [5, 5.41) is 14.4. The van der Waals surface area contributed by atoms with Crippen LogP contribution in [0.3, 0.4) is 0 Å². The molecule has 0 bridgehead atoms. The van der Waals surface area contributed by atoms with Gasteiger partial charge in [0.2, 0.25) is 0 Å². The molecule has 1 N–H and O–H groups in total. The molecule has 0 fully saturated rings. The molecule has 0 aliphatic carbocycles. The summed E-state index contributed by atoms with van der Waals surface area (Å²) in [7, 11) is 1.83. The number of nitrogens with zero attached hydrogens (tertiary/aromatic N) is 2. The maximum Gasteiger partial charge on any atom is 0.123 e. The molecular formula is C14H17FN2O. The van der Waals surface area contributed by atoms with E-state index in [2.05, 4.69) is 5.10 Å². The zero-order valence-corrected chi connectivity index (χ0v) is 10.8. The summed E-state index contributed by atoms with van der Waals surface area (Å²) >= 11 is 0. The second kappa shape index (κ2) is 4.90. The lowest BCUT2D eigenvalue weighted by atomic mass is 10.0. The number of rotatable bonds is 3. The number of aliphatic hydroxyl groups excluding tert-OH is 1. The summed E-state index contributed by atoms with van der Waals surface area (Å²) in [5.74, 6) is -0.278. The first-order chi connectivity index (χ1) is 8.47. The number of halogens is 1. The summed E-state index contributed by atoms with van der Waals surface area (Å²) in [6.45, 7) is 3.84. The highest BCUT2D eigenvalue weighted by atomic mass is 19.1. The topological polar surface area (TPSA) is 38.0 Å². The first-order valence-electron chi connectivity index (χ1n) is 5.91. The molecule has 18 heavy (non-hydrogen) atoms. The van der Waals surface area contributed by atoms with Crippen LogP contribution in [0.1, 0.15) is 28.6 Å². The van der Waals surface area contributed by atoms with Gasteiger partial charge in [0.25, 0.3) is 0 Å². The number of hydrogen-bond acceptors (Lipinski definition) is 2. The molecule has 1 aromatic carbocycles. The maximum absolute atomic E-state index is 13.2. The molecule has 0 aliphatic rings. The number of hydrogen-bond donors (Lipinski definition) is 1. The fraction of sp³-hybridized carbons (Fsp3) is 0.357. The van der Waals surface area contributed by atoms with Crippen molar-refractivity contribution >= 4 is 0 Å². The van der Waals surface area contributed by atoms with Crippen molar-refractivity contribution < 1.29 is 9.50 Å². The Kier molecular flexibility index (Phi) is 3.48. The third-order valence-corrected chi connectivity index (χ3v) is 3.20. The van der Waals surface area contributed by atoms with Crippen LogP contribution in [0, 0.1) is 19.7 Å². The van der Waals surface area contributed by atoms with Crippen molar-refractivity contribution in [1.82, 2.24) is 9.78 Å². The molecule has 0 aliphatic heterocycles. The van der Waals surface area contributed by atoms with Gasteiger partial charge in [-0.3, -0.25) is 4.68 Å². The Morgan fingerprint density at radius 2 is 2.06 bits per heavy atom. The highest BCUT2D eigenvalue weighted by Crippen LogP contribution is 2.20. The lowest BCUT2D eigenvalue weighted by molar-refractivity contribution is 0.172. The molecule has 3 nitrogen and oxygen atoms in total. The Balaban J connectivity index is 2.20. The molecule has 96 valence electrons. The molecule has 0 radical (unpaired) electrons. The quantitative estimate of drug-likeness (QED) is 0.906. The third-order valence-electron chi connectivity index (χ3n) is 3.20. The van der Waals surface area contributed by atoms with Gasteiger partial charge in [-0.2, -0.15) is 5.10 Å². The van der Waals surface area contributed by atoms with Crippen LogP contribution in [0.25, 0.3) is 0 Å². The Hall–Kier alpha value is -1.68. The number of aliphatic hydroxyl groups is 1. The zero-order chi connectivity index (χ0) is 13.3. The highest BCUT2D eigenvalue weighted by molar-refractivity contribution is 5.28. The fourth-order valence-electron chi connectivity index (χ4n) is 1.92. The molecule has 1 aromatic heterocycles. The van der Waals surface area contributed by atoms with Crippen molar-refractivity contribution in [2.24, 2.45) is 7.05 Å². The summed E-state index contributed by atoms with van der Waals surface area (Å²) in [6.07, 6.45) is -0.328. The van der Waals surface area contributed by atoms with Crippen molar-refractivity contribution in [3.63, 3.8) is 0 Å². The van der Waals surface area contributed by atoms with Gasteiger partial charge in [0.05, 0.1) is 5.69 Å². The van der Waals surface area contributed by atoms with E-state index in [1.807, 2.05) is 27.0 Å². The lowest BCUT2D eigenvalue weighted by Crippen LogP contribution is -2.05. The van der Waals surface area contributed by atoms with E-state index in [-0.39, 0.29) is 5.82 Å². The second-order valence-electron chi connectivity index (χ2n) is 4.62. The molecule has 0 amide bonds. The van der Waals surface area contributed by atoms with E-state index in [0.29, 0.717) is 12.1 Å². The van der Waals surface area contributed by atoms with E-state index < -0.39 is 6.10 Å². The largest absolute Gasteiger partial charge is 0.386 e. The van der Waals surface area contributed by atoms with Crippen molar-refractivity contribution in [3.8, 4) is 0 Å². The normalized spacial score (nSPS) is 12.7. The Morgan fingerprint density at radius 1 is 1.33 bits per heavy atom. The molecule has 4 heteroatoms. The van der Waals surface area contributed by atoms with Gasteiger partial charge in [0.15, 0.2) is 0 Å². The molecule has 0 saturated heterocycles. The van der Waals surface area contributed by atoms with E-state index in [9.17, 15) is 9.50 Å². The first kappa shape index (κ1) is 12.8. The first-order valence-corrected chi connectivity index (χ1v) is 5.91. The minimum atomic E-state index is -0.703. The van der Waals surface area contributed by atoms with Crippen molar-refractivity contribution in [2.45, 2.75) is 26.4 Å². The van der Waals surface area contributed by atoms with E-state index in [0.717, 1.165) is 16.8 Å². The second-order valence-corrected chi connectivity index (χ2v) is 4.62. The monoisotopic (exact) mass is 248 g/mol. The van der Waals surface area contributed by atoms with Gasteiger partial charge >= 0.3 is 0 Å². The van der Waals surface area contributed by atoms with Gasteiger partial charge in [0, 0.05) is 19.2 Å². The lowest BCUT2D eigenvalue weighted by Gasteiger charge is -2.10. The summed E-state index contributed by atoms with van der Waals surface area (Å²) in [6, 6.07) is 6.46. The number of aryl methyl sites for hydroxylation is 3. The predicted octanol–water partition coefficient (Wildman–Crippen LogP) is 2.45. The molecular weight excluding hydrogens is 231 g/mol. The minimum Gasteiger partial charge on any atom is -0.386 e. The molecule has 2 rings (SSSR count). The maximum atomic E-state index is 13.2. The average molecular weight is 248 g/mol. The molecule has 0 saturated carbocycles. The van der Waals surface area contributed by atoms with Gasteiger partial charge in [-0.25, -0.2) is 4.39 Å². The van der Waals surface area contributed by atoms with E-state index in [4.69, 9.17) is 0 Å². The molecule has 1 unspecified atom stereocenters. The van der Waals surface area contributed by atoms with Crippen LogP contribution in [-0.2, 0) is 13.5 Å². The fourth-order valence-corrected chi connectivity index (χ4v) is 1.92. The molecule has 0 spiro atoms. The van der Waals surface area contributed by atoms with E-state index >= 15 is 0 Å². The third kappa shape index (κ3) is 2.59. The Bertz CT molecular complexity index is 543. The van der Waals surface area contributed by atoms with Gasteiger partial charge < -0.3 is 5.11 Å². The molecule has 1 atom stereocenters. The Morgan fingerprint density at radius 3 is 2.67 bits per heavy atom. The van der Waals surface area contributed by atoms with Crippen LogP contribution in [-0.4, -0.2) is 14.9 Å². The number of benzene rings is 1. The van der Waals surface area contributed by atoms with Crippen LogP contribution in [0.5, 0.6) is 0 Å². The smallest absolute Gasteiger partial charge is 0.123 e. The average Bonchev–Trinajstić information content (AvgIpc) is 2.64. The van der Waals surface area contributed by atoms with Gasteiger partial charge in [-0.1, -0.05) is 6.07 Å². The van der Waals surface area contributed by atoms with Gasteiger partial charge in [-0.05, 0) is 43.2 Å². The highest BCUT2D eigenvalue weighted by Gasteiger charge is 2.14. The number of aromatic nitrogens is 2. The van der Waals surface area contributed by atoms with Crippen molar-refractivity contribution in [3.05, 3.63) is 52.6 Å². The van der Waals surface area contributed by atoms with Crippen LogP contribution in [0.2, 0.25) is 0 Å². The minimum absolute atomic E-state index is 0.278. The van der Waals surface area contributed by atoms with Gasteiger partial charge in [0.1, 0.15) is 11.9 Å². The zero-order valence-electron chi connectivity index (χ0n) is 10.8. The summed E-state index contributed by atoms with van der Waals surface area (Å²) in [4.78, 5) is 0. The standard InChI is InChI=1S/C14H17FN2O/c1-9-4-5-12(15)7-11(9)8-14(18)13-6-10(2)17(3)16-13/h4-7,14,18H,8H2,1-3H3. The van der Waals surface area contributed by atoms with Crippen LogP contribution >= 0.6 is 0 Å². The summed E-state index contributed by atoms with van der Waals surface area (Å²) < 4.78 is 14.9. The van der Waals surface area contributed by atoms with Crippen LogP contribution in [0.15, 0.2) is 24.3 Å². The SMILES string of the molecule is Cc1ccc(F)cc1CC(O)c1cc(C)n(C)n1. The van der Waals surface area contributed by atoms with Crippen molar-refractivity contribution in [2.75, 3.05) is 0 Å². The summed E-state index contributed by atoms with van der Waals surface area (Å²) in [5.41, 5.74) is 3.40. The van der Waals surface area contributed by atoms with Crippen molar-refractivity contribution in [1.29, 1.82) is 0 Å². The van der Waals surface area contributed by atoms with Crippen LogP contribution in [0.4, 0.5) is 4.39 Å². The molecule has 2 aromatic rings.